The number of carbonyl (C=O) groups is 2. The Morgan fingerprint density at radius 3 is 3.00 bits per heavy atom. The van der Waals surface area contributed by atoms with Crippen LogP contribution in [0.25, 0.3) is 0 Å². The summed E-state index contributed by atoms with van der Waals surface area (Å²) >= 11 is 5.89. The highest BCUT2D eigenvalue weighted by Crippen LogP contribution is 2.21. The predicted molar refractivity (Wildman–Crippen MR) is 85.1 cm³/mol. The van der Waals surface area contributed by atoms with Crippen LogP contribution in [-0.4, -0.2) is 43.0 Å². The van der Waals surface area contributed by atoms with Crippen molar-refractivity contribution in [3.8, 4) is 5.75 Å². The standard InChI is InChI=1S/C16H21ClN2O3/c1-12-11-13(17)4-5-14(12)22-10-2-3-16(21)19-8-6-15(20)18-7-9-19/h4-5,11H,2-3,6-10H2,1H3,(H,18,20). The van der Waals surface area contributed by atoms with Gasteiger partial charge >= 0.3 is 0 Å². The van der Waals surface area contributed by atoms with Gasteiger partial charge in [0.05, 0.1) is 6.61 Å². The Labute approximate surface area is 135 Å². The van der Waals surface area contributed by atoms with Crippen LogP contribution in [0, 0.1) is 6.92 Å². The van der Waals surface area contributed by atoms with Crippen LogP contribution in [0.5, 0.6) is 5.75 Å². The number of amides is 2. The first-order valence-electron chi connectivity index (χ1n) is 7.49. The number of carbonyl (C=O) groups excluding carboxylic acids is 2. The van der Waals surface area contributed by atoms with Crippen molar-refractivity contribution in [1.29, 1.82) is 0 Å². The van der Waals surface area contributed by atoms with Crippen molar-refractivity contribution in [3.05, 3.63) is 28.8 Å². The van der Waals surface area contributed by atoms with E-state index in [-0.39, 0.29) is 11.8 Å². The minimum absolute atomic E-state index is 0.0110. The minimum Gasteiger partial charge on any atom is -0.493 e. The molecule has 0 saturated carbocycles. The molecule has 1 aromatic rings. The summed E-state index contributed by atoms with van der Waals surface area (Å²) < 4.78 is 5.68. The van der Waals surface area contributed by atoms with Gasteiger partial charge in [-0.05, 0) is 37.1 Å². The first-order valence-corrected chi connectivity index (χ1v) is 7.87. The average molecular weight is 325 g/mol. The molecule has 1 aliphatic rings. The molecule has 0 radical (unpaired) electrons. The number of hydrogen-bond acceptors (Lipinski definition) is 3. The van der Waals surface area contributed by atoms with E-state index in [2.05, 4.69) is 5.32 Å². The molecule has 1 aromatic carbocycles. The van der Waals surface area contributed by atoms with E-state index in [1.807, 2.05) is 19.1 Å². The van der Waals surface area contributed by atoms with E-state index in [1.54, 1.807) is 11.0 Å². The van der Waals surface area contributed by atoms with E-state index in [0.717, 1.165) is 11.3 Å². The molecule has 2 rings (SSSR count). The lowest BCUT2D eigenvalue weighted by atomic mass is 10.2. The maximum Gasteiger partial charge on any atom is 0.222 e. The fraction of sp³-hybridized carbons (Fsp3) is 0.500. The first kappa shape index (κ1) is 16.6. The molecule has 0 aromatic heterocycles. The Bertz CT molecular complexity index is 548. The van der Waals surface area contributed by atoms with Gasteiger partial charge < -0.3 is 15.0 Å². The number of ether oxygens (including phenoxy) is 1. The molecule has 0 spiro atoms. The van der Waals surface area contributed by atoms with Gasteiger partial charge in [-0.2, -0.15) is 0 Å². The quantitative estimate of drug-likeness (QED) is 0.844. The monoisotopic (exact) mass is 324 g/mol. The molecule has 1 aliphatic heterocycles. The molecule has 1 N–H and O–H groups in total. The van der Waals surface area contributed by atoms with Gasteiger partial charge in [-0.25, -0.2) is 0 Å². The summed E-state index contributed by atoms with van der Waals surface area (Å²) in [7, 11) is 0. The maximum absolute atomic E-state index is 12.1. The van der Waals surface area contributed by atoms with Gasteiger partial charge in [-0.1, -0.05) is 11.6 Å². The van der Waals surface area contributed by atoms with Crippen LogP contribution in [0.3, 0.4) is 0 Å². The average Bonchev–Trinajstić information content (AvgIpc) is 2.70. The van der Waals surface area contributed by atoms with E-state index in [1.165, 1.54) is 0 Å². The van der Waals surface area contributed by atoms with Gasteiger partial charge in [0.25, 0.3) is 0 Å². The Kier molecular flexibility index (Phi) is 6.07. The maximum atomic E-state index is 12.1. The summed E-state index contributed by atoms with van der Waals surface area (Å²) in [6.07, 6.45) is 1.46. The van der Waals surface area contributed by atoms with Crippen molar-refractivity contribution in [2.45, 2.75) is 26.2 Å². The van der Waals surface area contributed by atoms with Gasteiger partial charge in [0.15, 0.2) is 0 Å². The molecule has 1 heterocycles. The molecule has 120 valence electrons. The number of aryl methyl sites for hydroxylation is 1. The molecule has 2 amide bonds. The summed E-state index contributed by atoms with van der Waals surface area (Å²) in [6, 6.07) is 5.48. The second-order valence-electron chi connectivity index (χ2n) is 5.34. The van der Waals surface area contributed by atoms with E-state index in [0.29, 0.717) is 50.5 Å². The smallest absolute Gasteiger partial charge is 0.222 e. The van der Waals surface area contributed by atoms with Crippen LogP contribution in [0.2, 0.25) is 5.02 Å². The molecule has 0 aliphatic carbocycles. The first-order chi connectivity index (χ1) is 10.6. The van der Waals surface area contributed by atoms with Crippen molar-refractivity contribution >= 4 is 23.4 Å². The zero-order chi connectivity index (χ0) is 15.9. The third-order valence-corrected chi connectivity index (χ3v) is 3.83. The Balaban J connectivity index is 1.71. The van der Waals surface area contributed by atoms with Gasteiger partial charge in [0, 0.05) is 37.5 Å². The van der Waals surface area contributed by atoms with Crippen LogP contribution < -0.4 is 10.1 Å². The van der Waals surface area contributed by atoms with Crippen LogP contribution >= 0.6 is 11.6 Å². The largest absolute Gasteiger partial charge is 0.493 e. The summed E-state index contributed by atoms with van der Waals surface area (Å²) in [5.74, 6) is 0.881. The second-order valence-corrected chi connectivity index (χ2v) is 5.78. The third kappa shape index (κ3) is 4.91. The lowest BCUT2D eigenvalue weighted by Gasteiger charge is -2.19. The Morgan fingerprint density at radius 2 is 2.23 bits per heavy atom. The van der Waals surface area contributed by atoms with Crippen molar-refractivity contribution < 1.29 is 14.3 Å². The lowest BCUT2D eigenvalue weighted by Crippen LogP contribution is -2.34. The topological polar surface area (TPSA) is 58.6 Å². The molecule has 0 unspecified atom stereocenters. The highest BCUT2D eigenvalue weighted by molar-refractivity contribution is 6.30. The zero-order valence-corrected chi connectivity index (χ0v) is 13.5. The van der Waals surface area contributed by atoms with Crippen LogP contribution in [0.15, 0.2) is 18.2 Å². The SMILES string of the molecule is Cc1cc(Cl)ccc1OCCCC(=O)N1CCNC(=O)CC1. The van der Waals surface area contributed by atoms with E-state index >= 15 is 0 Å². The van der Waals surface area contributed by atoms with E-state index < -0.39 is 0 Å². The molecular formula is C16H21ClN2O3. The van der Waals surface area contributed by atoms with E-state index in [4.69, 9.17) is 16.3 Å². The third-order valence-electron chi connectivity index (χ3n) is 3.59. The fourth-order valence-corrected chi connectivity index (χ4v) is 2.58. The molecule has 0 bridgehead atoms. The highest BCUT2D eigenvalue weighted by atomic mass is 35.5. The molecule has 5 nitrogen and oxygen atoms in total. The molecule has 1 fully saturated rings. The number of halogens is 1. The van der Waals surface area contributed by atoms with Crippen LogP contribution in [-0.2, 0) is 9.59 Å². The number of rotatable bonds is 5. The molecular weight excluding hydrogens is 304 g/mol. The van der Waals surface area contributed by atoms with Crippen LogP contribution in [0.4, 0.5) is 0 Å². The molecule has 22 heavy (non-hydrogen) atoms. The number of benzene rings is 1. The highest BCUT2D eigenvalue weighted by Gasteiger charge is 2.17. The van der Waals surface area contributed by atoms with Crippen molar-refractivity contribution in [2.24, 2.45) is 0 Å². The molecule has 1 saturated heterocycles. The van der Waals surface area contributed by atoms with Gasteiger partial charge in [0.2, 0.25) is 11.8 Å². The summed E-state index contributed by atoms with van der Waals surface area (Å²) in [4.78, 5) is 25.1. The summed E-state index contributed by atoms with van der Waals surface area (Å²) in [5, 5.41) is 3.45. The zero-order valence-electron chi connectivity index (χ0n) is 12.7. The number of hydrogen-bond donors (Lipinski definition) is 1. The van der Waals surface area contributed by atoms with Crippen LogP contribution in [0.1, 0.15) is 24.8 Å². The number of nitrogens with zero attached hydrogens (tertiary/aromatic N) is 1. The van der Waals surface area contributed by atoms with Gasteiger partial charge in [-0.15, -0.1) is 0 Å². The lowest BCUT2D eigenvalue weighted by molar-refractivity contribution is -0.131. The van der Waals surface area contributed by atoms with E-state index in [9.17, 15) is 9.59 Å². The normalized spacial score (nSPS) is 15.2. The predicted octanol–water partition coefficient (Wildman–Crippen LogP) is 2.16. The Morgan fingerprint density at radius 1 is 1.41 bits per heavy atom. The molecule has 0 atom stereocenters. The minimum atomic E-state index is 0.0110. The second kappa shape index (κ2) is 8.03. The van der Waals surface area contributed by atoms with Crippen molar-refractivity contribution in [1.82, 2.24) is 10.2 Å². The Hall–Kier alpha value is -1.75. The summed E-state index contributed by atoms with van der Waals surface area (Å²) in [5.41, 5.74) is 0.982. The van der Waals surface area contributed by atoms with Crippen molar-refractivity contribution in [2.75, 3.05) is 26.2 Å². The molecule has 6 heteroatoms. The fourth-order valence-electron chi connectivity index (χ4n) is 2.35. The van der Waals surface area contributed by atoms with Gasteiger partial charge in [0.1, 0.15) is 5.75 Å². The van der Waals surface area contributed by atoms with Gasteiger partial charge in [-0.3, -0.25) is 9.59 Å². The van der Waals surface area contributed by atoms with Crippen molar-refractivity contribution in [3.63, 3.8) is 0 Å². The summed E-state index contributed by atoms with van der Waals surface area (Å²) in [6.45, 7) is 4.04. The number of nitrogens with one attached hydrogen (secondary N) is 1.